The average molecular weight is 381 g/mol. The molecule has 1 fully saturated rings. The summed E-state index contributed by atoms with van der Waals surface area (Å²) in [5.41, 5.74) is 1.76. The summed E-state index contributed by atoms with van der Waals surface area (Å²) in [5, 5.41) is 3.13. The first-order chi connectivity index (χ1) is 12.1. The van der Waals surface area contributed by atoms with E-state index in [2.05, 4.69) is 11.4 Å². The Morgan fingerprint density at radius 1 is 1.27 bits per heavy atom. The third kappa shape index (κ3) is 4.14. The number of aryl methyl sites for hydroxylation is 1. The van der Waals surface area contributed by atoms with E-state index in [1.165, 1.54) is 0 Å². The number of carbonyl (C=O) groups is 1. The number of fused-ring (bicyclic) bond motifs is 1. The molecule has 1 N–H and O–H groups in total. The molecule has 0 aromatic heterocycles. The van der Waals surface area contributed by atoms with Crippen LogP contribution in [0.15, 0.2) is 18.2 Å². The molecule has 144 valence electrons. The lowest BCUT2D eigenvalue weighted by molar-refractivity contribution is 0.0661. The van der Waals surface area contributed by atoms with Gasteiger partial charge in [-0.05, 0) is 39.7 Å². The van der Waals surface area contributed by atoms with E-state index in [9.17, 15) is 13.2 Å². The fourth-order valence-electron chi connectivity index (χ4n) is 3.78. The molecular formula is C19H28N2O4S. The Hall–Kier alpha value is -1.76. The fourth-order valence-corrected chi connectivity index (χ4v) is 5.25. The van der Waals surface area contributed by atoms with Crippen LogP contribution in [-0.4, -0.2) is 49.5 Å². The molecule has 2 amide bonds. The summed E-state index contributed by atoms with van der Waals surface area (Å²) in [6.07, 6.45) is 1.69. The highest BCUT2D eigenvalue weighted by atomic mass is 32.2. The molecule has 0 aliphatic carbocycles. The van der Waals surface area contributed by atoms with Crippen molar-refractivity contribution < 1.29 is 17.9 Å². The zero-order valence-corrected chi connectivity index (χ0v) is 16.7. The van der Waals surface area contributed by atoms with Crippen molar-refractivity contribution in [1.29, 1.82) is 0 Å². The number of nitrogens with one attached hydrogen (secondary N) is 1. The van der Waals surface area contributed by atoms with Gasteiger partial charge in [-0.25, -0.2) is 13.2 Å². The topological polar surface area (TPSA) is 75.7 Å². The van der Waals surface area contributed by atoms with Gasteiger partial charge in [-0.15, -0.1) is 0 Å². The smallest absolute Gasteiger partial charge is 0.317 e. The van der Waals surface area contributed by atoms with Crippen LogP contribution in [0.2, 0.25) is 0 Å². The lowest BCUT2D eigenvalue weighted by Crippen LogP contribution is -2.49. The van der Waals surface area contributed by atoms with Gasteiger partial charge in [0.25, 0.3) is 0 Å². The Bertz CT molecular complexity index is 790. The zero-order chi connectivity index (χ0) is 19.1. The normalized spacial score (nSPS) is 24.2. The Balaban J connectivity index is 1.73. The molecule has 0 radical (unpaired) electrons. The van der Waals surface area contributed by atoms with Crippen LogP contribution in [-0.2, 0) is 9.84 Å². The van der Waals surface area contributed by atoms with Crippen molar-refractivity contribution >= 4 is 15.9 Å². The molecule has 1 aromatic rings. The molecule has 0 spiro atoms. The third-order valence-corrected chi connectivity index (χ3v) is 7.03. The van der Waals surface area contributed by atoms with E-state index in [0.29, 0.717) is 19.3 Å². The highest BCUT2D eigenvalue weighted by Crippen LogP contribution is 2.40. The fraction of sp³-hybridized carbons (Fsp3) is 0.632. The van der Waals surface area contributed by atoms with E-state index >= 15 is 0 Å². The lowest BCUT2D eigenvalue weighted by Gasteiger charge is -2.39. The van der Waals surface area contributed by atoms with Gasteiger partial charge in [0.2, 0.25) is 0 Å². The van der Waals surface area contributed by atoms with Gasteiger partial charge in [-0.3, -0.25) is 0 Å². The predicted molar refractivity (Wildman–Crippen MR) is 101 cm³/mol. The van der Waals surface area contributed by atoms with Gasteiger partial charge in [0.15, 0.2) is 0 Å². The minimum absolute atomic E-state index is 0.0386. The summed E-state index contributed by atoms with van der Waals surface area (Å²) < 4.78 is 29.3. The number of nitrogens with zero attached hydrogens (tertiary/aromatic N) is 1. The van der Waals surface area contributed by atoms with E-state index in [-0.39, 0.29) is 35.2 Å². The van der Waals surface area contributed by atoms with Crippen molar-refractivity contribution in [2.24, 2.45) is 0 Å². The van der Waals surface area contributed by atoms with Crippen molar-refractivity contribution in [3.8, 4) is 5.75 Å². The quantitative estimate of drug-likeness (QED) is 0.856. The predicted octanol–water partition coefficient (Wildman–Crippen LogP) is 2.82. The molecule has 1 unspecified atom stereocenters. The largest absolute Gasteiger partial charge is 0.487 e. The number of hydrogen-bond donors (Lipinski definition) is 1. The number of hydrogen-bond acceptors (Lipinski definition) is 4. The second-order valence-electron chi connectivity index (χ2n) is 8.10. The van der Waals surface area contributed by atoms with Crippen LogP contribution < -0.4 is 10.1 Å². The van der Waals surface area contributed by atoms with Crippen LogP contribution in [0, 0.1) is 6.92 Å². The molecule has 2 heterocycles. The maximum atomic E-state index is 12.8. The van der Waals surface area contributed by atoms with Crippen molar-refractivity contribution in [1.82, 2.24) is 10.2 Å². The highest BCUT2D eigenvalue weighted by molar-refractivity contribution is 7.91. The van der Waals surface area contributed by atoms with E-state index in [1.807, 2.05) is 32.9 Å². The number of urea groups is 1. The van der Waals surface area contributed by atoms with Crippen LogP contribution in [0.3, 0.4) is 0 Å². The van der Waals surface area contributed by atoms with Crippen LogP contribution in [0.4, 0.5) is 4.79 Å². The van der Waals surface area contributed by atoms with Crippen molar-refractivity contribution in [2.45, 2.75) is 57.7 Å². The molecule has 6 nitrogen and oxygen atoms in total. The zero-order valence-electron chi connectivity index (χ0n) is 15.9. The maximum Gasteiger partial charge on any atom is 0.317 e. The second-order valence-corrected chi connectivity index (χ2v) is 10.4. The van der Waals surface area contributed by atoms with E-state index in [1.54, 1.807) is 11.9 Å². The first-order valence-electron chi connectivity index (χ1n) is 9.10. The van der Waals surface area contributed by atoms with Gasteiger partial charge in [0.1, 0.15) is 21.2 Å². The van der Waals surface area contributed by atoms with Gasteiger partial charge in [-0.1, -0.05) is 17.7 Å². The molecule has 26 heavy (non-hydrogen) atoms. The summed E-state index contributed by atoms with van der Waals surface area (Å²) in [4.78, 5) is 14.5. The minimum Gasteiger partial charge on any atom is -0.487 e. The molecule has 1 atom stereocenters. The standard InChI is InChI=1S/C19H28N2O4S/c1-13-5-6-17-15(11-13)16(12-19(2,3)25-17)20-18(22)21(4)14-7-9-26(23,24)10-8-14/h5-6,11,14,16H,7-10,12H2,1-4H3,(H,20,22). The Labute approximate surface area is 155 Å². The first-order valence-corrected chi connectivity index (χ1v) is 10.9. The number of carbonyl (C=O) groups excluding carboxylic acids is 1. The number of benzene rings is 1. The molecule has 7 heteroatoms. The van der Waals surface area contributed by atoms with Crippen molar-refractivity contribution in [3.63, 3.8) is 0 Å². The van der Waals surface area contributed by atoms with Gasteiger partial charge < -0.3 is 15.0 Å². The monoisotopic (exact) mass is 380 g/mol. The molecular weight excluding hydrogens is 352 g/mol. The van der Waals surface area contributed by atoms with Crippen LogP contribution in [0.5, 0.6) is 5.75 Å². The van der Waals surface area contributed by atoms with E-state index < -0.39 is 9.84 Å². The van der Waals surface area contributed by atoms with Gasteiger partial charge in [0, 0.05) is 25.1 Å². The number of ether oxygens (including phenoxy) is 1. The minimum atomic E-state index is -2.94. The molecule has 1 aromatic carbocycles. The Kier molecular flexibility index (Phi) is 4.94. The Morgan fingerprint density at radius 2 is 1.92 bits per heavy atom. The molecule has 0 bridgehead atoms. The summed E-state index contributed by atoms with van der Waals surface area (Å²) in [6.45, 7) is 6.06. The number of rotatable bonds is 2. The van der Waals surface area contributed by atoms with Gasteiger partial charge in [0.05, 0.1) is 17.5 Å². The lowest BCUT2D eigenvalue weighted by atomic mass is 9.89. The SMILES string of the molecule is Cc1ccc2c(c1)C(NC(=O)N(C)C1CCS(=O)(=O)CC1)CC(C)(C)O2. The number of amides is 2. The average Bonchev–Trinajstić information content (AvgIpc) is 2.54. The summed E-state index contributed by atoms with van der Waals surface area (Å²) >= 11 is 0. The second kappa shape index (κ2) is 6.76. The molecule has 2 aliphatic rings. The van der Waals surface area contributed by atoms with Crippen molar-refractivity contribution in [2.75, 3.05) is 18.6 Å². The van der Waals surface area contributed by atoms with Crippen LogP contribution >= 0.6 is 0 Å². The first kappa shape index (κ1) is 19.0. The van der Waals surface area contributed by atoms with E-state index in [0.717, 1.165) is 16.9 Å². The van der Waals surface area contributed by atoms with Crippen molar-refractivity contribution in [3.05, 3.63) is 29.3 Å². The summed E-state index contributed by atoms with van der Waals surface area (Å²) in [7, 11) is -1.19. The summed E-state index contributed by atoms with van der Waals surface area (Å²) in [6, 6.07) is 5.69. The van der Waals surface area contributed by atoms with Crippen LogP contribution in [0.1, 0.15) is 50.3 Å². The number of sulfone groups is 1. The molecule has 2 aliphatic heterocycles. The molecule has 1 saturated heterocycles. The van der Waals surface area contributed by atoms with Crippen LogP contribution in [0.25, 0.3) is 0 Å². The molecule has 3 rings (SSSR count). The van der Waals surface area contributed by atoms with Gasteiger partial charge in [-0.2, -0.15) is 0 Å². The van der Waals surface area contributed by atoms with E-state index in [4.69, 9.17) is 4.74 Å². The molecule has 0 saturated carbocycles. The highest BCUT2D eigenvalue weighted by Gasteiger charge is 2.36. The Morgan fingerprint density at radius 3 is 2.58 bits per heavy atom. The van der Waals surface area contributed by atoms with Gasteiger partial charge >= 0.3 is 6.03 Å². The third-order valence-electron chi connectivity index (χ3n) is 5.31. The summed E-state index contributed by atoms with van der Waals surface area (Å²) in [5.74, 6) is 1.12. The maximum absolute atomic E-state index is 12.8.